The summed E-state index contributed by atoms with van der Waals surface area (Å²) in [6.07, 6.45) is 0.779. The average Bonchev–Trinajstić information content (AvgIpc) is 2.89. The molecule has 0 amide bonds. The van der Waals surface area contributed by atoms with Gasteiger partial charge in [-0.1, -0.05) is 57.5 Å². The molecule has 2 N–H and O–H groups in total. The standard InChI is InChI=1S/C20H30O5/c1-13(2)16-10-9-14(3)11-17(16)23-12-20(15-7-5-4-6-8-15)24-18(21)19(22)25-20/h4-8,13-14,16-19,21-22H,9-12H2,1-3H3. The van der Waals surface area contributed by atoms with E-state index in [9.17, 15) is 10.2 Å². The van der Waals surface area contributed by atoms with Crippen molar-refractivity contribution >= 4 is 0 Å². The Hall–Kier alpha value is -0.980. The normalized spacial score (nSPS) is 39.0. The van der Waals surface area contributed by atoms with E-state index in [2.05, 4.69) is 20.8 Å². The molecule has 1 aromatic carbocycles. The predicted octanol–water partition coefficient (Wildman–Crippen LogP) is 3.00. The third-order valence-corrected chi connectivity index (χ3v) is 5.53. The zero-order chi connectivity index (χ0) is 18.0. The van der Waals surface area contributed by atoms with Crippen molar-refractivity contribution in [3.05, 3.63) is 35.9 Å². The third-order valence-electron chi connectivity index (χ3n) is 5.53. The second-order valence-corrected chi connectivity index (χ2v) is 7.81. The summed E-state index contributed by atoms with van der Waals surface area (Å²) in [5.41, 5.74) is 0.732. The maximum absolute atomic E-state index is 9.86. The van der Waals surface area contributed by atoms with Crippen molar-refractivity contribution in [2.24, 2.45) is 17.8 Å². The van der Waals surface area contributed by atoms with E-state index in [-0.39, 0.29) is 12.7 Å². The average molecular weight is 350 g/mol. The number of benzene rings is 1. The predicted molar refractivity (Wildman–Crippen MR) is 93.4 cm³/mol. The minimum atomic E-state index is -1.38. The van der Waals surface area contributed by atoms with Gasteiger partial charge < -0.3 is 24.4 Å². The molecule has 25 heavy (non-hydrogen) atoms. The van der Waals surface area contributed by atoms with Crippen molar-refractivity contribution in [3.8, 4) is 0 Å². The summed E-state index contributed by atoms with van der Waals surface area (Å²) in [7, 11) is 0. The van der Waals surface area contributed by atoms with Crippen molar-refractivity contribution < 1.29 is 24.4 Å². The molecule has 0 radical (unpaired) electrons. The molecule has 1 aliphatic heterocycles. The molecule has 1 aromatic rings. The largest absolute Gasteiger partial charge is 0.372 e. The highest BCUT2D eigenvalue weighted by molar-refractivity contribution is 5.21. The number of aliphatic hydroxyl groups is 2. The molecule has 1 aliphatic carbocycles. The van der Waals surface area contributed by atoms with Gasteiger partial charge in [0.1, 0.15) is 6.61 Å². The van der Waals surface area contributed by atoms with E-state index in [1.807, 2.05) is 30.3 Å². The van der Waals surface area contributed by atoms with Gasteiger partial charge in [0.2, 0.25) is 18.4 Å². The van der Waals surface area contributed by atoms with Crippen molar-refractivity contribution in [3.63, 3.8) is 0 Å². The van der Waals surface area contributed by atoms with Gasteiger partial charge in [-0.25, -0.2) is 0 Å². The van der Waals surface area contributed by atoms with E-state index in [1.54, 1.807) is 0 Å². The minimum absolute atomic E-state index is 0.131. The summed E-state index contributed by atoms with van der Waals surface area (Å²) >= 11 is 0. The Morgan fingerprint density at radius 2 is 1.76 bits per heavy atom. The molecule has 5 unspecified atom stereocenters. The van der Waals surface area contributed by atoms with Crippen LogP contribution in [0.25, 0.3) is 0 Å². The van der Waals surface area contributed by atoms with Crippen molar-refractivity contribution in [2.45, 2.75) is 64.5 Å². The fraction of sp³-hybridized carbons (Fsp3) is 0.700. The first-order chi connectivity index (χ1) is 11.9. The molecule has 0 aromatic heterocycles. The van der Waals surface area contributed by atoms with Crippen LogP contribution < -0.4 is 0 Å². The van der Waals surface area contributed by atoms with Crippen LogP contribution in [0, 0.1) is 17.8 Å². The molecular weight excluding hydrogens is 320 g/mol. The van der Waals surface area contributed by atoms with Crippen molar-refractivity contribution in [2.75, 3.05) is 6.61 Å². The molecule has 1 saturated carbocycles. The van der Waals surface area contributed by atoms with Crippen molar-refractivity contribution in [1.29, 1.82) is 0 Å². The number of hydrogen-bond donors (Lipinski definition) is 2. The van der Waals surface area contributed by atoms with Gasteiger partial charge in [-0.2, -0.15) is 0 Å². The lowest BCUT2D eigenvalue weighted by atomic mass is 9.75. The number of rotatable bonds is 5. The number of aliphatic hydroxyl groups excluding tert-OH is 2. The van der Waals surface area contributed by atoms with Crippen LogP contribution in [0.2, 0.25) is 0 Å². The first-order valence-electron chi connectivity index (χ1n) is 9.30. The molecule has 140 valence electrons. The van der Waals surface area contributed by atoms with Gasteiger partial charge in [-0.05, 0) is 30.6 Å². The molecule has 5 nitrogen and oxygen atoms in total. The summed E-state index contributed by atoms with van der Waals surface area (Å²) < 4.78 is 17.5. The van der Waals surface area contributed by atoms with Crippen LogP contribution in [-0.2, 0) is 20.0 Å². The summed E-state index contributed by atoms with van der Waals surface area (Å²) in [5, 5.41) is 19.7. The smallest absolute Gasteiger partial charge is 0.224 e. The molecule has 1 heterocycles. The van der Waals surface area contributed by atoms with Crippen LogP contribution in [0.1, 0.15) is 45.6 Å². The first-order valence-corrected chi connectivity index (χ1v) is 9.30. The van der Waals surface area contributed by atoms with E-state index < -0.39 is 18.4 Å². The van der Waals surface area contributed by atoms with Gasteiger partial charge in [0.25, 0.3) is 0 Å². The highest BCUT2D eigenvalue weighted by atomic mass is 16.8. The monoisotopic (exact) mass is 350 g/mol. The molecule has 2 fully saturated rings. The highest BCUT2D eigenvalue weighted by Gasteiger charge is 2.49. The third kappa shape index (κ3) is 4.07. The van der Waals surface area contributed by atoms with Crippen LogP contribution in [0.3, 0.4) is 0 Å². The Bertz CT molecular complexity index is 536. The summed E-state index contributed by atoms with van der Waals surface area (Å²) in [6, 6.07) is 9.37. The van der Waals surface area contributed by atoms with E-state index >= 15 is 0 Å². The Labute approximate surface area is 149 Å². The Morgan fingerprint density at radius 3 is 2.36 bits per heavy atom. The Balaban J connectivity index is 1.77. The minimum Gasteiger partial charge on any atom is -0.372 e. The molecule has 0 spiro atoms. The van der Waals surface area contributed by atoms with Crippen molar-refractivity contribution in [1.82, 2.24) is 0 Å². The summed E-state index contributed by atoms with van der Waals surface area (Å²) in [4.78, 5) is 0. The fourth-order valence-electron chi connectivity index (χ4n) is 4.04. The van der Waals surface area contributed by atoms with Crippen LogP contribution in [-0.4, -0.2) is 35.5 Å². The molecule has 1 saturated heterocycles. The van der Waals surface area contributed by atoms with Crippen LogP contribution in [0.5, 0.6) is 0 Å². The van der Waals surface area contributed by atoms with Gasteiger partial charge in [0.05, 0.1) is 6.10 Å². The highest BCUT2D eigenvalue weighted by Crippen LogP contribution is 2.40. The SMILES string of the molecule is CC1CCC(C(C)C)C(OCC2(c3ccccc3)OC(O)C(O)O2)C1. The second kappa shape index (κ2) is 7.72. The number of hydrogen-bond acceptors (Lipinski definition) is 5. The van der Waals surface area contributed by atoms with Gasteiger partial charge >= 0.3 is 0 Å². The van der Waals surface area contributed by atoms with E-state index in [0.717, 1.165) is 18.4 Å². The lowest BCUT2D eigenvalue weighted by molar-refractivity contribution is -0.253. The van der Waals surface area contributed by atoms with Crippen LogP contribution in [0.4, 0.5) is 0 Å². The summed E-state index contributed by atoms with van der Waals surface area (Å²) in [6.45, 7) is 6.88. The summed E-state index contributed by atoms with van der Waals surface area (Å²) in [5.74, 6) is 0.406. The van der Waals surface area contributed by atoms with Gasteiger partial charge in [-0.15, -0.1) is 0 Å². The molecule has 2 aliphatic rings. The van der Waals surface area contributed by atoms with Gasteiger partial charge in [0, 0.05) is 5.56 Å². The van der Waals surface area contributed by atoms with Crippen LogP contribution in [0.15, 0.2) is 30.3 Å². The second-order valence-electron chi connectivity index (χ2n) is 7.81. The zero-order valence-electron chi connectivity index (χ0n) is 15.3. The maximum Gasteiger partial charge on any atom is 0.224 e. The quantitative estimate of drug-likeness (QED) is 0.854. The molecular formula is C20H30O5. The lowest BCUT2D eigenvalue weighted by Gasteiger charge is -2.39. The topological polar surface area (TPSA) is 68.2 Å². The Morgan fingerprint density at radius 1 is 1.12 bits per heavy atom. The van der Waals surface area contributed by atoms with Gasteiger partial charge in [0.15, 0.2) is 0 Å². The van der Waals surface area contributed by atoms with E-state index in [0.29, 0.717) is 17.8 Å². The molecule has 5 heteroatoms. The van der Waals surface area contributed by atoms with Gasteiger partial charge in [-0.3, -0.25) is 0 Å². The zero-order valence-corrected chi connectivity index (χ0v) is 15.3. The number of ether oxygens (including phenoxy) is 3. The fourth-order valence-corrected chi connectivity index (χ4v) is 4.04. The molecule has 0 bridgehead atoms. The lowest BCUT2D eigenvalue weighted by Crippen LogP contribution is -2.40. The van der Waals surface area contributed by atoms with E-state index in [1.165, 1.54) is 6.42 Å². The maximum atomic E-state index is 9.86. The molecule has 3 rings (SSSR count). The van der Waals surface area contributed by atoms with E-state index in [4.69, 9.17) is 14.2 Å². The first kappa shape index (κ1) is 18.8. The molecule has 5 atom stereocenters. The van der Waals surface area contributed by atoms with Crippen LogP contribution >= 0.6 is 0 Å². The Kier molecular flexibility index (Phi) is 5.81.